The summed E-state index contributed by atoms with van der Waals surface area (Å²) < 4.78 is 31.2. The highest BCUT2D eigenvalue weighted by molar-refractivity contribution is 5.97. The number of ether oxygens (including phenoxy) is 1. The van der Waals surface area contributed by atoms with Gasteiger partial charge in [-0.25, -0.2) is 13.6 Å². The summed E-state index contributed by atoms with van der Waals surface area (Å²) in [4.78, 5) is 23.8. The third-order valence-corrected chi connectivity index (χ3v) is 3.06. The van der Waals surface area contributed by atoms with E-state index in [9.17, 15) is 18.4 Å². The number of hydrogen-bond acceptors (Lipinski definition) is 4. The number of anilines is 1. The summed E-state index contributed by atoms with van der Waals surface area (Å²) in [7, 11) is 0. The predicted octanol–water partition coefficient (Wildman–Crippen LogP) is 3.02. The molecule has 0 radical (unpaired) electrons. The SMILES string of the molecule is C[C@H](OC(=O)c1ccc(F)cc1F)C(=O)Nc1cccc(C#N)c1. The van der Waals surface area contributed by atoms with Crippen molar-refractivity contribution in [2.45, 2.75) is 13.0 Å². The van der Waals surface area contributed by atoms with Crippen LogP contribution < -0.4 is 5.32 Å². The fraction of sp³-hybridized carbons (Fsp3) is 0.118. The maximum absolute atomic E-state index is 13.5. The predicted molar refractivity (Wildman–Crippen MR) is 81.0 cm³/mol. The van der Waals surface area contributed by atoms with Crippen molar-refractivity contribution >= 4 is 17.6 Å². The zero-order valence-electron chi connectivity index (χ0n) is 12.5. The van der Waals surface area contributed by atoms with E-state index in [0.717, 1.165) is 12.1 Å². The van der Waals surface area contributed by atoms with Crippen LogP contribution >= 0.6 is 0 Å². The molecular formula is C17H12F2N2O3. The second-order valence-electron chi connectivity index (χ2n) is 4.85. The van der Waals surface area contributed by atoms with E-state index in [1.165, 1.54) is 13.0 Å². The normalized spacial score (nSPS) is 11.2. The van der Waals surface area contributed by atoms with E-state index >= 15 is 0 Å². The zero-order chi connectivity index (χ0) is 17.7. The van der Waals surface area contributed by atoms with Crippen LogP contribution in [0, 0.1) is 23.0 Å². The Labute approximate surface area is 136 Å². The first-order valence-corrected chi connectivity index (χ1v) is 6.88. The average Bonchev–Trinajstić information content (AvgIpc) is 2.54. The fourth-order valence-corrected chi connectivity index (χ4v) is 1.84. The molecule has 7 heteroatoms. The highest BCUT2D eigenvalue weighted by atomic mass is 19.1. The second-order valence-corrected chi connectivity index (χ2v) is 4.85. The lowest BCUT2D eigenvalue weighted by atomic mass is 10.2. The van der Waals surface area contributed by atoms with Gasteiger partial charge in [-0.05, 0) is 37.3 Å². The molecule has 0 saturated carbocycles. The van der Waals surface area contributed by atoms with Crippen LogP contribution in [0.4, 0.5) is 14.5 Å². The molecule has 0 fully saturated rings. The van der Waals surface area contributed by atoms with Crippen LogP contribution in [0.25, 0.3) is 0 Å². The Morgan fingerprint density at radius 3 is 2.62 bits per heavy atom. The summed E-state index contributed by atoms with van der Waals surface area (Å²) in [5.74, 6) is -3.64. The Hall–Kier alpha value is -3.27. The molecule has 0 spiro atoms. The van der Waals surface area contributed by atoms with Crippen molar-refractivity contribution in [3.63, 3.8) is 0 Å². The van der Waals surface area contributed by atoms with Crippen molar-refractivity contribution in [1.82, 2.24) is 0 Å². The van der Waals surface area contributed by atoms with E-state index in [1.54, 1.807) is 18.2 Å². The molecule has 0 heterocycles. The first-order chi connectivity index (χ1) is 11.4. The third-order valence-electron chi connectivity index (χ3n) is 3.06. The Morgan fingerprint density at radius 2 is 1.96 bits per heavy atom. The van der Waals surface area contributed by atoms with Gasteiger partial charge in [0.2, 0.25) is 0 Å². The highest BCUT2D eigenvalue weighted by Gasteiger charge is 2.21. The zero-order valence-corrected chi connectivity index (χ0v) is 12.5. The number of halogens is 2. The Balaban J connectivity index is 2.03. The molecule has 2 rings (SSSR count). The minimum absolute atomic E-state index is 0.353. The second kappa shape index (κ2) is 7.33. The molecule has 5 nitrogen and oxygen atoms in total. The number of esters is 1. The summed E-state index contributed by atoms with van der Waals surface area (Å²) in [6.45, 7) is 1.31. The number of nitrogens with zero attached hydrogens (tertiary/aromatic N) is 1. The molecule has 0 aliphatic heterocycles. The summed E-state index contributed by atoms with van der Waals surface area (Å²) in [5.41, 5.74) is 0.239. The van der Waals surface area contributed by atoms with Gasteiger partial charge in [-0.15, -0.1) is 0 Å². The molecule has 1 N–H and O–H groups in total. The number of carbonyl (C=O) groups is 2. The summed E-state index contributed by atoms with van der Waals surface area (Å²) in [6, 6.07) is 10.5. The lowest BCUT2D eigenvalue weighted by Crippen LogP contribution is -2.30. The number of rotatable bonds is 4. The molecule has 0 aliphatic carbocycles. The molecule has 122 valence electrons. The van der Waals surface area contributed by atoms with Crippen molar-refractivity contribution in [3.8, 4) is 6.07 Å². The molecule has 0 unspecified atom stereocenters. The van der Waals surface area contributed by atoms with E-state index in [0.29, 0.717) is 17.3 Å². The van der Waals surface area contributed by atoms with Gasteiger partial charge in [0.1, 0.15) is 11.6 Å². The van der Waals surface area contributed by atoms with Crippen LogP contribution in [0.5, 0.6) is 0 Å². The molecule has 1 atom stereocenters. The first-order valence-electron chi connectivity index (χ1n) is 6.88. The third kappa shape index (κ3) is 4.14. The number of nitrogens with one attached hydrogen (secondary N) is 1. The first kappa shape index (κ1) is 17.1. The van der Waals surface area contributed by atoms with E-state index < -0.39 is 35.2 Å². The maximum atomic E-state index is 13.5. The van der Waals surface area contributed by atoms with Crippen LogP contribution in [-0.2, 0) is 9.53 Å². The summed E-state index contributed by atoms with van der Waals surface area (Å²) >= 11 is 0. The van der Waals surface area contributed by atoms with E-state index in [1.807, 2.05) is 6.07 Å². The van der Waals surface area contributed by atoms with Crippen molar-refractivity contribution < 1.29 is 23.1 Å². The molecule has 0 bridgehead atoms. The molecule has 2 aromatic carbocycles. The minimum Gasteiger partial charge on any atom is -0.449 e. The van der Waals surface area contributed by atoms with Gasteiger partial charge in [-0.3, -0.25) is 4.79 Å². The maximum Gasteiger partial charge on any atom is 0.341 e. The molecular weight excluding hydrogens is 318 g/mol. The topological polar surface area (TPSA) is 79.2 Å². The van der Waals surface area contributed by atoms with Crippen LogP contribution in [0.3, 0.4) is 0 Å². The van der Waals surface area contributed by atoms with E-state index in [2.05, 4.69) is 5.32 Å². The van der Waals surface area contributed by atoms with E-state index in [-0.39, 0.29) is 0 Å². The Morgan fingerprint density at radius 1 is 1.21 bits per heavy atom. The largest absolute Gasteiger partial charge is 0.449 e. The number of hydrogen-bond donors (Lipinski definition) is 1. The molecule has 1 amide bonds. The molecule has 0 aliphatic rings. The van der Waals surface area contributed by atoms with Crippen molar-refractivity contribution in [3.05, 3.63) is 65.2 Å². The van der Waals surface area contributed by atoms with Crippen molar-refractivity contribution in [2.75, 3.05) is 5.32 Å². The van der Waals surface area contributed by atoms with Gasteiger partial charge in [-0.1, -0.05) is 6.07 Å². The van der Waals surface area contributed by atoms with Crippen LogP contribution in [0.1, 0.15) is 22.8 Å². The van der Waals surface area contributed by atoms with Crippen LogP contribution in [0.15, 0.2) is 42.5 Å². The van der Waals surface area contributed by atoms with Gasteiger partial charge in [0.05, 0.1) is 17.2 Å². The van der Waals surface area contributed by atoms with Gasteiger partial charge in [0.15, 0.2) is 6.10 Å². The standard InChI is InChI=1S/C17H12F2N2O3/c1-10(16(22)21-13-4-2-3-11(7-13)9-20)24-17(23)14-6-5-12(18)8-15(14)19/h2-8,10H,1H3,(H,21,22)/t10-/m0/s1. The number of amides is 1. The molecule has 24 heavy (non-hydrogen) atoms. The molecule has 0 aromatic heterocycles. The fourth-order valence-electron chi connectivity index (χ4n) is 1.84. The summed E-state index contributed by atoms with van der Waals surface area (Å²) in [6.07, 6.45) is -1.22. The Bertz CT molecular complexity index is 831. The molecule has 0 saturated heterocycles. The Kier molecular flexibility index (Phi) is 5.22. The van der Waals surface area contributed by atoms with Crippen molar-refractivity contribution in [2.24, 2.45) is 0 Å². The lowest BCUT2D eigenvalue weighted by molar-refractivity contribution is -0.123. The van der Waals surface area contributed by atoms with Gasteiger partial charge in [0, 0.05) is 11.8 Å². The van der Waals surface area contributed by atoms with Gasteiger partial charge < -0.3 is 10.1 Å². The average molecular weight is 330 g/mol. The van der Waals surface area contributed by atoms with Crippen LogP contribution in [0.2, 0.25) is 0 Å². The monoisotopic (exact) mass is 330 g/mol. The van der Waals surface area contributed by atoms with Crippen LogP contribution in [-0.4, -0.2) is 18.0 Å². The molecule has 2 aromatic rings. The summed E-state index contributed by atoms with van der Waals surface area (Å²) in [5, 5.41) is 11.3. The van der Waals surface area contributed by atoms with Gasteiger partial charge in [-0.2, -0.15) is 5.26 Å². The lowest BCUT2D eigenvalue weighted by Gasteiger charge is -2.14. The number of carbonyl (C=O) groups excluding carboxylic acids is 2. The van der Waals surface area contributed by atoms with Gasteiger partial charge in [0.25, 0.3) is 5.91 Å². The minimum atomic E-state index is -1.22. The quantitative estimate of drug-likeness (QED) is 0.874. The smallest absolute Gasteiger partial charge is 0.341 e. The van der Waals surface area contributed by atoms with Crippen molar-refractivity contribution in [1.29, 1.82) is 5.26 Å². The van der Waals surface area contributed by atoms with Gasteiger partial charge >= 0.3 is 5.97 Å². The number of benzene rings is 2. The highest BCUT2D eigenvalue weighted by Crippen LogP contribution is 2.14. The number of nitriles is 1. The van der Waals surface area contributed by atoms with E-state index in [4.69, 9.17) is 10.00 Å².